The molecular formula is C20H24FN3O. The molecule has 132 valence electrons. The van der Waals surface area contributed by atoms with Gasteiger partial charge in [0.2, 0.25) is 0 Å². The molecule has 1 saturated heterocycles. The molecule has 0 saturated carbocycles. The number of nitrogens with zero attached hydrogens (tertiary/aromatic N) is 2. The van der Waals surface area contributed by atoms with E-state index in [0.717, 1.165) is 42.0 Å². The van der Waals surface area contributed by atoms with Gasteiger partial charge in [-0.25, -0.2) is 9.18 Å². The normalized spacial score (nSPS) is 15.2. The van der Waals surface area contributed by atoms with Gasteiger partial charge in [-0.05, 0) is 42.7 Å². The first kappa shape index (κ1) is 17.4. The fourth-order valence-corrected chi connectivity index (χ4v) is 3.15. The number of hydrogen-bond acceptors (Lipinski definition) is 2. The Bertz CT molecular complexity index is 717. The van der Waals surface area contributed by atoms with Crippen LogP contribution in [0.5, 0.6) is 0 Å². The highest BCUT2D eigenvalue weighted by Crippen LogP contribution is 2.20. The summed E-state index contributed by atoms with van der Waals surface area (Å²) in [6.07, 6.45) is 0. The Labute approximate surface area is 148 Å². The highest BCUT2D eigenvalue weighted by atomic mass is 19.1. The van der Waals surface area contributed by atoms with Crippen molar-refractivity contribution in [3.05, 3.63) is 65.0 Å². The Kier molecular flexibility index (Phi) is 5.34. The predicted octanol–water partition coefficient (Wildman–Crippen LogP) is 3.79. The molecule has 25 heavy (non-hydrogen) atoms. The summed E-state index contributed by atoms with van der Waals surface area (Å²) < 4.78 is 13.0. The minimum absolute atomic E-state index is 0.0427. The van der Waals surface area contributed by atoms with Gasteiger partial charge in [-0.1, -0.05) is 30.3 Å². The van der Waals surface area contributed by atoms with Gasteiger partial charge >= 0.3 is 6.03 Å². The van der Waals surface area contributed by atoms with E-state index in [2.05, 4.69) is 10.2 Å². The van der Waals surface area contributed by atoms with Crippen LogP contribution in [0, 0.1) is 19.7 Å². The van der Waals surface area contributed by atoms with Crippen LogP contribution in [-0.4, -0.2) is 42.0 Å². The van der Waals surface area contributed by atoms with Crippen LogP contribution >= 0.6 is 0 Å². The summed E-state index contributed by atoms with van der Waals surface area (Å²) in [6, 6.07) is 12.6. The lowest BCUT2D eigenvalue weighted by atomic mass is 10.1. The van der Waals surface area contributed by atoms with E-state index < -0.39 is 0 Å². The molecule has 1 aliphatic rings. The average molecular weight is 341 g/mol. The SMILES string of the molecule is Cc1cccc(C)c1NC(=O)N1CCN(Cc2ccc(F)cc2)CC1. The van der Waals surface area contributed by atoms with E-state index in [4.69, 9.17) is 0 Å². The second-order valence-corrected chi connectivity index (χ2v) is 6.59. The minimum atomic E-state index is -0.211. The van der Waals surface area contributed by atoms with Crippen LogP contribution in [0.1, 0.15) is 16.7 Å². The standard InChI is InChI=1S/C20H24FN3O/c1-15-4-3-5-16(2)19(15)22-20(25)24-12-10-23(11-13-24)14-17-6-8-18(21)9-7-17/h3-9H,10-14H2,1-2H3,(H,22,25). The van der Waals surface area contributed by atoms with E-state index in [1.807, 2.05) is 49.1 Å². The molecule has 0 aromatic heterocycles. The summed E-state index contributed by atoms with van der Waals surface area (Å²) in [5.74, 6) is -0.211. The van der Waals surface area contributed by atoms with Crippen molar-refractivity contribution >= 4 is 11.7 Å². The monoisotopic (exact) mass is 341 g/mol. The van der Waals surface area contributed by atoms with Crippen molar-refractivity contribution in [2.75, 3.05) is 31.5 Å². The predicted molar refractivity (Wildman–Crippen MR) is 98.2 cm³/mol. The van der Waals surface area contributed by atoms with Gasteiger partial charge in [0.05, 0.1) is 0 Å². The van der Waals surface area contributed by atoms with Crippen LogP contribution in [-0.2, 0) is 6.54 Å². The molecule has 0 radical (unpaired) electrons. The first-order valence-corrected chi connectivity index (χ1v) is 8.62. The minimum Gasteiger partial charge on any atom is -0.322 e. The molecule has 5 heteroatoms. The van der Waals surface area contributed by atoms with Crippen molar-refractivity contribution in [1.82, 2.24) is 9.80 Å². The molecule has 2 amide bonds. The number of hydrogen-bond donors (Lipinski definition) is 1. The zero-order valence-corrected chi connectivity index (χ0v) is 14.8. The molecule has 0 unspecified atom stereocenters. The maximum atomic E-state index is 13.0. The highest BCUT2D eigenvalue weighted by molar-refractivity contribution is 5.91. The second-order valence-electron chi connectivity index (χ2n) is 6.59. The fraction of sp³-hybridized carbons (Fsp3) is 0.350. The Balaban J connectivity index is 1.53. The van der Waals surface area contributed by atoms with Gasteiger partial charge in [0.15, 0.2) is 0 Å². The molecule has 1 heterocycles. The summed E-state index contributed by atoms with van der Waals surface area (Å²) >= 11 is 0. The molecular weight excluding hydrogens is 317 g/mol. The van der Waals surface area contributed by atoms with Gasteiger partial charge in [0.1, 0.15) is 5.82 Å². The van der Waals surface area contributed by atoms with Crippen LogP contribution < -0.4 is 5.32 Å². The third-order valence-electron chi connectivity index (χ3n) is 4.69. The molecule has 2 aromatic carbocycles. The van der Waals surface area contributed by atoms with Crippen LogP contribution in [0.3, 0.4) is 0 Å². The third kappa shape index (κ3) is 4.37. The molecule has 1 aliphatic heterocycles. The number of amides is 2. The van der Waals surface area contributed by atoms with Crippen molar-refractivity contribution in [2.24, 2.45) is 0 Å². The van der Waals surface area contributed by atoms with Crippen molar-refractivity contribution < 1.29 is 9.18 Å². The van der Waals surface area contributed by atoms with Gasteiger partial charge in [-0.15, -0.1) is 0 Å². The number of rotatable bonds is 3. The summed E-state index contributed by atoms with van der Waals surface area (Å²) in [5.41, 5.74) is 4.14. The lowest BCUT2D eigenvalue weighted by molar-refractivity contribution is 0.143. The van der Waals surface area contributed by atoms with E-state index in [1.165, 1.54) is 12.1 Å². The van der Waals surface area contributed by atoms with Crippen LogP contribution in [0.25, 0.3) is 0 Å². The van der Waals surface area contributed by atoms with E-state index in [9.17, 15) is 9.18 Å². The van der Waals surface area contributed by atoms with Gasteiger partial charge < -0.3 is 10.2 Å². The van der Waals surface area contributed by atoms with Crippen molar-refractivity contribution in [3.63, 3.8) is 0 Å². The van der Waals surface area contributed by atoms with E-state index in [1.54, 1.807) is 0 Å². The molecule has 2 aromatic rings. The first-order valence-electron chi connectivity index (χ1n) is 8.62. The second kappa shape index (κ2) is 7.66. The summed E-state index contributed by atoms with van der Waals surface area (Å²) in [7, 11) is 0. The number of anilines is 1. The third-order valence-corrected chi connectivity index (χ3v) is 4.69. The molecule has 0 bridgehead atoms. The highest BCUT2D eigenvalue weighted by Gasteiger charge is 2.21. The Morgan fingerprint density at radius 3 is 2.20 bits per heavy atom. The van der Waals surface area contributed by atoms with E-state index in [-0.39, 0.29) is 11.8 Å². The fourth-order valence-electron chi connectivity index (χ4n) is 3.15. The Morgan fingerprint density at radius 1 is 1.00 bits per heavy atom. The summed E-state index contributed by atoms with van der Waals surface area (Å²) in [4.78, 5) is 16.7. The molecule has 4 nitrogen and oxygen atoms in total. The van der Waals surface area contributed by atoms with Crippen LogP contribution in [0.2, 0.25) is 0 Å². The number of carbonyl (C=O) groups excluding carboxylic acids is 1. The van der Waals surface area contributed by atoms with Gasteiger partial charge in [0, 0.05) is 38.4 Å². The number of nitrogens with one attached hydrogen (secondary N) is 1. The van der Waals surface area contributed by atoms with Crippen molar-refractivity contribution in [2.45, 2.75) is 20.4 Å². The largest absolute Gasteiger partial charge is 0.322 e. The van der Waals surface area contributed by atoms with Gasteiger partial charge in [0.25, 0.3) is 0 Å². The quantitative estimate of drug-likeness (QED) is 0.922. The molecule has 1 fully saturated rings. The lowest BCUT2D eigenvalue weighted by Gasteiger charge is -2.35. The zero-order chi connectivity index (χ0) is 17.8. The van der Waals surface area contributed by atoms with Crippen molar-refractivity contribution in [1.29, 1.82) is 0 Å². The summed E-state index contributed by atoms with van der Waals surface area (Å²) in [6.45, 7) is 7.81. The number of halogens is 1. The summed E-state index contributed by atoms with van der Waals surface area (Å²) in [5, 5.41) is 3.05. The van der Waals surface area contributed by atoms with Crippen LogP contribution in [0.15, 0.2) is 42.5 Å². The zero-order valence-electron chi connectivity index (χ0n) is 14.8. The Morgan fingerprint density at radius 2 is 1.60 bits per heavy atom. The number of urea groups is 1. The molecule has 3 rings (SSSR count). The van der Waals surface area contributed by atoms with Crippen molar-refractivity contribution in [3.8, 4) is 0 Å². The number of para-hydroxylation sites is 1. The van der Waals surface area contributed by atoms with E-state index >= 15 is 0 Å². The maximum absolute atomic E-state index is 13.0. The van der Waals surface area contributed by atoms with Crippen LogP contribution in [0.4, 0.5) is 14.9 Å². The number of piperazine rings is 1. The number of benzene rings is 2. The average Bonchev–Trinajstić information content (AvgIpc) is 2.61. The number of aryl methyl sites for hydroxylation is 2. The van der Waals surface area contributed by atoms with Gasteiger partial charge in [-0.2, -0.15) is 0 Å². The molecule has 0 spiro atoms. The smallest absolute Gasteiger partial charge is 0.321 e. The number of carbonyl (C=O) groups is 1. The maximum Gasteiger partial charge on any atom is 0.321 e. The molecule has 1 N–H and O–H groups in total. The lowest BCUT2D eigenvalue weighted by Crippen LogP contribution is -2.49. The molecule has 0 aliphatic carbocycles. The van der Waals surface area contributed by atoms with E-state index in [0.29, 0.717) is 13.1 Å². The first-order chi connectivity index (χ1) is 12.0. The Hall–Kier alpha value is -2.40. The topological polar surface area (TPSA) is 35.6 Å². The molecule has 0 atom stereocenters. The van der Waals surface area contributed by atoms with Gasteiger partial charge in [-0.3, -0.25) is 4.90 Å².